The molecular formula is C27H34F2N4O5. The maximum Gasteiger partial charge on any atom is 0.388 e. The second-order valence-corrected chi connectivity index (χ2v) is 9.82. The average Bonchev–Trinajstić information content (AvgIpc) is 2.79. The van der Waals surface area contributed by atoms with Gasteiger partial charge in [-0.25, -0.2) is 4.98 Å². The van der Waals surface area contributed by atoms with E-state index in [2.05, 4.69) is 15.0 Å². The third-order valence-electron chi connectivity index (χ3n) is 6.51. The fourth-order valence-corrected chi connectivity index (χ4v) is 4.71. The number of halogens is 2. The molecular weight excluding hydrogens is 498 g/mol. The van der Waals surface area contributed by atoms with Crippen molar-refractivity contribution >= 4 is 23.5 Å². The van der Waals surface area contributed by atoms with E-state index in [4.69, 9.17) is 0 Å². The lowest BCUT2D eigenvalue weighted by molar-refractivity contribution is -0.145. The Kier molecular flexibility index (Phi) is 9.37. The summed E-state index contributed by atoms with van der Waals surface area (Å²) >= 11 is 0. The fourth-order valence-electron chi connectivity index (χ4n) is 4.71. The third-order valence-corrected chi connectivity index (χ3v) is 6.51. The van der Waals surface area contributed by atoms with Crippen molar-refractivity contribution in [3.05, 3.63) is 53.2 Å². The number of carbonyl (C=O) groups excluding carboxylic acids is 2. The van der Waals surface area contributed by atoms with Crippen LogP contribution in [0.25, 0.3) is 0 Å². The van der Waals surface area contributed by atoms with Crippen molar-refractivity contribution in [1.82, 2.24) is 14.8 Å². The summed E-state index contributed by atoms with van der Waals surface area (Å²) in [5.74, 6) is -2.10. The van der Waals surface area contributed by atoms with Crippen LogP contribution in [0.3, 0.4) is 0 Å². The average molecular weight is 533 g/mol. The maximum absolute atomic E-state index is 13.8. The van der Waals surface area contributed by atoms with Crippen LogP contribution in [-0.4, -0.2) is 77.0 Å². The number of nitrogens with zero attached hydrogens (tertiary/aromatic N) is 3. The number of nitrogens with one attached hydrogen (secondary N) is 1. The number of hydrogen-bond donors (Lipinski definition) is 2. The first kappa shape index (κ1) is 29.0. The van der Waals surface area contributed by atoms with Gasteiger partial charge in [0.1, 0.15) is 11.1 Å². The van der Waals surface area contributed by atoms with E-state index in [1.54, 1.807) is 17.9 Å². The largest absolute Gasteiger partial charge is 0.480 e. The molecule has 0 atom stereocenters. The molecule has 2 aromatic rings. The Balaban J connectivity index is 1.92. The number of carboxylic acid groups (broad SMARTS) is 1. The van der Waals surface area contributed by atoms with Crippen LogP contribution in [0.1, 0.15) is 49.9 Å². The molecule has 0 aliphatic carbocycles. The van der Waals surface area contributed by atoms with E-state index in [1.807, 2.05) is 45.0 Å². The van der Waals surface area contributed by atoms with E-state index >= 15 is 0 Å². The van der Waals surface area contributed by atoms with Gasteiger partial charge in [-0.1, -0.05) is 45.0 Å². The molecule has 1 aliphatic heterocycles. The number of ether oxygens (including phenoxy) is 1. The Morgan fingerprint density at radius 1 is 1.16 bits per heavy atom. The van der Waals surface area contributed by atoms with Crippen LogP contribution < -0.4 is 10.1 Å². The van der Waals surface area contributed by atoms with E-state index in [0.29, 0.717) is 18.7 Å². The van der Waals surface area contributed by atoms with Crippen molar-refractivity contribution in [3.8, 4) is 5.88 Å². The van der Waals surface area contributed by atoms with Crippen LogP contribution in [0.4, 0.5) is 14.5 Å². The monoisotopic (exact) mass is 532 g/mol. The van der Waals surface area contributed by atoms with Gasteiger partial charge in [0, 0.05) is 18.8 Å². The molecule has 206 valence electrons. The zero-order chi connectivity index (χ0) is 28.0. The van der Waals surface area contributed by atoms with Crippen molar-refractivity contribution in [1.29, 1.82) is 0 Å². The first-order chi connectivity index (χ1) is 18.0. The smallest absolute Gasteiger partial charge is 0.388 e. The van der Waals surface area contributed by atoms with E-state index in [9.17, 15) is 28.3 Å². The van der Waals surface area contributed by atoms with Gasteiger partial charge < -0.3 is 20.1 Å². The molecule has 1 fully saturated rings. The minimum Gasteiger partial charge on any atom is -0.480 e. The van der Waals surface area contributed by atoms with Gasteiger partial charge in [0.15, 0.2) is 0 Å². The first-order valence-corrected chi connectivity index (χ1v) is 12.5. The summed E-state index contributed by atoms with van der Waals surface area (Å²) in [5.41, 5.74) is 0.967. The van der Waals surface area contributed by atoms with Gasteiger partial charge in [0.05, 0.1) is 13.1 Å². The van der Waals surface area contributed by atoms with Gasteiger partial charge in [0.25, 0.3) is 0 Å². The molecule has 2 N–H and O–H groups in total. The molecule has 1 aromatic carbocycles. The number of hydrogen-bond acceptors (Lipinski definition) is 6. The van der Waals surface area contributed by atoms with E-state index < -0.39 is 29.8 Å². The first-order valence-electron chi connectivity index (χ1n) is 12.5. The van der Waals surface area contributed by atoms with E-state index in [0.717, 1.165) is 11.1 Å². The van der Waals surface area contributed by atoms with Crippen LogP contribution in [-0.2, 0) is 19.8 Å². The zero-order valence-corrected chi connectivity index (χ0v) is 22.0. The Hall–Kier alpha value is -3.60. The summed E-state index contributed by atoms with van der Waals surface area (Å²) < 4.78 is 30.6. The van der Waals surface area contributed by atoms with Crippen LogP contribution in [0.15, 0.2) is 36.4 Å². The van der Waals surface area contributed by atoms with Crippen LogP contribution in [0, 0.1) is 6.92 Å². The summed E-state index contributed by atoms with van der Waals surface area (Å²) in [6, 6.07) is 10.5. The number of aryl methyl sites for hydroxylation is 1. The quantitative estimate of drug-likeness (QED) is 0.429. The number of aliphatic carboxylic acids is 1. The SMILES string of the molecule is CCCN(CC(=O)O)CC(=O)N1CC(C(=O)Nc2ccc(C)nc2OC(F)F)(c2ccccc2C(C)C)C1. The number of alkyl halides is 2. The molecule has 2 heterocycles. The number of likely N-dealkylation sites (tertiary alicyclic amines) is 1. The summed E-state index contributed by atoms with van der Waals surface area (Å²) in [5, 5.41) is 11.9. The normalized spacial score (nSPS) is 14.5. The van der Waals surface area contributed by atoms with Crippen molar-refractivity contribution < 1.29 is 33.0 Å². The van der Waals surface area contributed by atoms with Gasteiger partial charge in [-0.3, -0.25) is 19.3 Å². The number of pyridine rings is 1. The lowest BCUT2D eigenvalue weighted by Gasteiger charge is -2.50. The third kappa shape index (κ3) is 6.63. The fraction of sp³-hybridized carbons (Fsp3) is 0.481. The summed E-state index contributed by atoms with van der Waals surface area (Å²) in [6.45, 7) is 4.60. The number of amides is 2. The van der Waals surface area contributed by atoms with E-state index in [-0.39, 0.29) is 43.7 Å². The van der Waals surface area contributed by atoms with Crippen molar-refractivity contribution in [2.45, 2.75) is 52.1 Å². The highest BCUT2D eigenvalue weighted by molar-refractivity contribution is 6.02. The molecule has 3 rings (SSSR count). The number of carbonyl (C=O) groups is 3. The van der Waals surface area contributed by atoms with E-state index in [1.165, 1.54) is 11.0 Å². The van der Waals surface area contributed by atoms with Crippen molar-refractivity contribution in [2.24, 2.45) is 0 Å². The molecule has 38 heavy (non-hydrogen) atoms. The molecule has 1 aliphatic rings. The van der Waals surface area contributed by atoms with Gasteiger partial charge in [-0.05, 0) is 49.1 Å². The van der Waals surface area contributed by atoms with Crippen molar-refractivity contribution in [2.75, 3.05) is 38.0 Å². The molecule has 0 bridgehead atoms. The number of anilines is 1. The molecule has 0 saturated carbocycles. The summed E-state index contributed by atoms with van der Waals surface area (Å²) in [7, 11) is 0. The molecule has 1 saturated heterocycles. The summed E-state index contributed by atoms with van der Waals surface area (Å²) in [4.78, 5) is 45.2. The summed E-state index contributed by atoms with van der Waals surface area (Å²) in [6.07, 6.45) is 0.683. The Morgan fingerprint density at radius 2 is 1.84 bits per heavy atom. The highest BCUT2D eigenvalue weighted by Crippen LogP contribution is 2.40. The van der Waals surface area contributed by atoms with Gasteiger partial charge in [-0.15, -0.1) is 0 Å². The molecule has 0 spiro atoms. The molecule has 9 nitrogen and oxygen atoms in total. The van der Waals surface area contributed by atoms with Gasteiger partial charge in [-0.2, -0.15) is 8.78 Å². The van der Waals surface area contributed by atoms with Crippen molar-refractivity contribution in [3.63, 3.8) is 0 Å². The highest BCUT2D eigenvalue weighted by atomic mass is 19.3. The predicted octanol–water partition coefficient (Wildman–Crippen LogP) is 3.63. The second kappa shape index (κ2) is 12.3. The number of benzene rings is 1. The lowest BCUT2D eigenvalue weighted by atomic mass is 9.69. The van der Waals surface area contributed by atoms with Crippen LogP contribution in [0.5, 0.6) is 5.88 Å². The highest BCUT2D eigenvalue weighted by Gasteiger charge is 2.53. The van der Waals surface area contributed by atoms with Gasteiger partial charge >= 0.3 is 12.6 Å². The molecule has 0 radical (unpaired) electrons. The molecule has 2 amide bonds. The Bertz CT molecular complexity index is 1170. The molecule has 0 unspecified atom stereocenters. The number of rotatable bonds is 12. The minimum absolute atomic E-state index is 0.00246. The maximum atomic E-state index is 13.8. The lowest BCUT2D eigenvalue weighted by Crippen LogP contribution is -2.67. The number of aromatic nitrogens is 1. The van der Waals surface area contributed by atoms with Gasteiger partial charge in [0.2, 0.25) is 17.7 Å². The minimum atomic E-state index is -3.12. The zero-order valence-electron chi connectivity index (χ0n) is 22.0. The Labute approximate surface area is 220 Å². The topological polar surface area (TPSA) is 112 Å². The molecule has 1 aromatic heterocycles. The Morgan fingerprint density at radius 3 is 2.45 bits per heavy atom. The van der Waals surface area contributed by atoms with Crippen LogP contribution in [0.2, 0.25) is 0 Å². The standard InChI is InChI=1S/C27H34F2N4O5/c1-5-12-32(14-23(35)36)13-22(34)33-15-27(16-33,20-9-7-6-8-19(20)17(2)3)25(37)31-21-11-10-18(4)30-24(21)38-26(28)29/h6-11,17,26H,5,12-16H2,1-4H3,(H,31,37)(H,35,36). The molecule has 11 heteroatoms. The number of carboxylic acids is 1. The predicted molar refractivity (Wildman–Crippen MR) is 137 cm³/mol. The van der Waals surface area contributed by atoms with Crippen LogP contribution >= 0.6 is 0 Å². The second-order valence-electron chi connectivity index (χ2n) is 9.82.